The van der Waals surface area contributed by atoms with Crippen LogP contribution in [0.15, 0.2) is 50.7 Å². The minimum Gasteiger partial charge on any atom is -0.503 e. The minimum atomic E-state index is -0.708. The fraction of sp³-hybridized carbons (Fsp3) is 0.409. The second-order valence-electron chi connectivity index (χ2n) is 7.04. The average molecular weight is 372 g/mol. The Morgan fingerprint density at radius 3 is 2.63 bits per heavy atom. The lowest BCUT2D eigenvalue weighted by molar-refractivity contribution is 0.221. The molecule has 0 spiro atoms. The number of hydrogen-bond acceptors (Lipinski definition) is 5. The summed E-state index contributed by atoms with van der Waals surface area (Å²) in [6.45, 7) is 10.1. The lowest BCUT2D eigenvalue weighted by Crippen LogP contribution is -2.13. The number of benzene rings is 1. The number of ether oxygens (including phenoxy) is 2. The Labute approximate surface area is 159 Å². The quantitative estimate of drug-likeness (QED) is 0.499. The summed E-state index contributed by atoms with van der Waals surface area (Å²) in [5, 5.41) is 10.9. The number of hydrogen-bond donors (Lipinski definition) is 1. The molecule has 0 amide bonds. The molecule has 0 aliphatic carbocycles. The second kappa shape index (κ2) is 9.31. The van der Waals surface area contributed by atoms with Crippen LogP contribution >= 0.6 is 0 Å². The molecule has 0 bridgehead atoms. The average Bonchev–Trinajstić information content (AvgIpc) is 2.58. The molecule has 27 heavy (non-hydrogen) atoms. The van der Waals surface area contributed by atoms with E-state index >= 15 is 0 Å². The van der Waals surface area contributed by atoms with E-state index in [-0.39, 0.29) is 23.2 Å². The van der Waals surface area contributed by atoms with Crippen molar-refractivity contribution in [1.82, 2.24) is 0 Å². The molecule has 1 heterocycles. The Kier molecular flexibility index (Phi) is 7.11. The molecule has 146 valence electrons. The molecule has 2 rings (SSSR count). The molecule has 0 aliphatic heterocycles. The van der Waals surface area contributed by atoms with Crippen LogP contribution < -0.4 is 15.1 Å². The summed E-state index contributed by atoms with van der Waals surface area (Å²) in [5.74, 6) is -0.00694. The van der Waals surface area contributed by atoms with Crippen LogP contribution in [0.5, 0.6) is 17.2 Å². The fourth-order valence-corrected chi connectivity index (χ4v) is 2.61. The van der Waals surface area contributed by atoms with E-state index in [4.69, 9.17) is 13.9 Å². The van der Waals surface area contributed by atoms with Crippen LogP contribution in [-0.2, 0) is 0 Å². The van der Waals surface area contributed by atoms with Gasteiger partial charge >= 0.3 is 5.63 Å². The van der Waals surface area contributed by atoms with E-state index in [2.05, 4.69) is 26.8 Å². The van der Waals surface area contributed by atoms with Gasteiger partial charge in [0.2, 0.25) is 5.75 Å². The van der Waals surface area contributed by atoms with Gasteiger partial charge in [0, 0.05) is 0 Å². The topological polar surface area (TPSA) is 68.9 Å². The van der Waals surface area contributed by atoms with E-state index in [1.54, 1.807) is 32.0 Å². The lowest BCUT2D eigenvalue weighted by Gasteiger charge is -2.13. The van der Waals surface area contributed by atoms with Gasteiger partial charge in [0.05, 0.1) is 6.10 Å². The largest absolute Gasteiger partial charge is 0.503 e. The summed E-state index contributed by atoms with van der Waals surface area (Å²) in [7, 11) is 0. The normalized spacial score (nSPS) is 11.7. The minimum absolute atomic E-state index is 0.193. The summed E-state index contributed by atoms with van der Waals surface area (Å²) < 4.78 is 16.5. The molecule has 1 aromatic heterocycles. The van der Waals surface area contributed by atoms with E-state index in [1.165, 1.54) is 11.1 Å². The predicted octanol–water partition coefficient (Wildman–Crippen LogP) is 5.36. The SMILES string of the molecule is CC(C)=CCC/C(C)=C/COc1cccc2oc(=O)c(OC(C)C)c(O)c12. The Morgan fingerprint density at radius 1 is 1.22 bits per heavy atom. The van der Waals surface area contributed by atoms with Gasteiger partial charge in [-0.05, 0) is 65.7 Å². The highest BCUT2D eigenvalue weighted by molar-refractivity contribution is 5.91. The molecule has 2 aromatic rings. The van der Waals surface area contributed by atoms with Gasteiger partial charge in [-0.15, -0.1) is 0 Å². The van der Waals surface area contributed by atoms with Gasteiger partial charge in [-0.3, -0.25) is 0 Å². The first-order valence-electron chi connectivity index (χ1n) is 9.16. The molecule has 0 fully saturated rings. The molecule has 0 saturated carbocycles. The maximum Gasteiger partial charge on any atom is 0.383 e. The standard InChI is InChI=1S/C22H28O5/c1-14(2)8-6-9-16(5)12-13-25-17-10-7-11-18-19(17)20(23)21(22(24)27-18)26-15(3)4/h7-8,10-12,15,23H,6,9,13H2,1-5H3/b16-12+. The molecule has 0 radical (unpaired) electrons. The van der Waals surface area contributed by atoms with Gasteiger partial charge in [0.15, 0.2) is 5.75 Å². The van der Waals surface area contributed by atoms with Crippen LogP contribution in [-0.4, -0.2) is 17.8 Å². The zero-order chi connectivity index (χ0) is 20.0. The highest BCUT2D eigenvalue weighted by Crippen LogP contribution is 2.38. The van der Waals surface area contributed by atoms with Crippen molar-refractivity contribution in [3.05, 3.63) is 51.9 Å². The van der Waals surface area contributed by atoms with Crippen molar-refractivity contribution < 1.29 is 19.0 Å². The highest BCUT2D eigenvalue weighted by Gasteiger charge is 2.19. The first-order chi connectivity index (χ1) is 12.8. The fourth-order valence-electron chi connectivity index (χ4n) is 2.61. The molecular weight excluding hydrogens is 344 g/mol. The van der Waals surface area contributed by atoms with Crippen molar-refractivity contribution in [1.29, 1.82) is 0 Å². The summed E-state index contributed by atoms with van der Waals surface area (Å²) in [4.78, 5) is 12.0. The van der Waals surface area contributed by atoms with Gasteiger partial charge in [0.1, 0.15) is 23.3 Å². The zero-order valence-corrected chi connectivity index (χ0v) is 16.7. The molecular formula is C22H28O5. The van der Waals surface area contributed by atoms with Gasteiger partial charge in [0.25, 0.3) is 0 Å². The summed E-state index contributed by atoms with van der Waals surface area (Å²) in [6, 6.07) is 5.06. The summed E-state index contributed by atoms with van der Waals surface area (Å²) >= 11 is 0. The zero-order valence-electron chi connectivity index (χ0n) is 16.7. The smallest absolute Gasteiger partial charge is 0.383 e. The van der Waals surface area contributed by atoms with Crippen molar-refractivity contribution in [3.8, 4) is 17.2 Å². The third-order valence-electron chi connectivity index (χ3n) is 3.94. The van der Waals surface area contributed by atoms with E-state index in [0.717, 1.165) is 12.8 Å². The van der Waals surface area contributed by atoms with Crippen LogP contribution in [0, 0.1) is 0 Å². The highest BCUT2D eigenvalue weighted by atomic mass is 16.5. The maximum absolute atomic E-state index is 12.0. The van der Waals surface area contributed by atoms with Gasteiger partial charge in [-0.25, -0.2) is 4.79 Å². The monoisotopic (exact) mass is 372 g/mol. The molecule has 0 saturated heterocycles. The van der Waals surface area contributed by atoms with Crippen molar-refractivity contribution >= 4 is 11.0 Å². The van der Waals surface area contributed by atoms with Crippen molar-refractivity contribution in [2.75, 3.05) is 6.61 Å². The number of aromatic hydroxyl groups is 1. The molecule has 0 aliphatic rings. The van der Waals surface area contributed by atoms with E-state index in [9.17, 15) is 9.90 Å². The van der Waals surface area contributed by atoms with Gasteiger partial charge in [-0.2, -0.15) is 0 Å². The third kappa shape index (κ3) is 5.64. The Morgan fingerprint density at radius 2 is 1.96 bits per heavy atom. The Bertz CT molecular complexity index is 899. The molecule has 5 nitrogen and oxygen atoms in total. The van der Waals surface area contributed by atoms with Crippen molar-refractivity contribution in [3.63, 3.8) is 0 Å². The van der Waals surface area contributed by atoms with Crippen LogP contribution in [0.1, 0.15) is 47.5 Å². The third-order valence-corrected chi connectivity index (χ3v) is 3.94. The molecule has 1 aromatic carbocycles. The summed E-state index contributed by atoms with van der Waals surface area (Å²) in [6.07, 6.45) is 5.92. The second-order valence-corrected chi connectivity index (χ2v) is 7.04. The van der Waals surface area contributed by atoms with E-state index in [1.807, 2.05) is 6.08 Å². The molecule has 1 N–H and O–H groups in total. The van der Waals surface area contributed by atoms with Crippen LogP contribution in [0.2, 0.25) is 0 Å². The van der Waals surface area contributed by atoms with E-state index in [0.29, 0.717) is 17.7 Å². The first-order valence-corrected chi connectivity index (χ1v) is 9.16. The molecule has 0 atom stereocenters. The van der Waals surface area contributed by atoms with Crippen molar-refractivity contribution in [2.45, 2.75) is 53.6 Å². The number of rotatable bonds is 8. The summed E-state index contributed by atoms with van der Waals surface area (Å²) in [5.41, 5.74) is 2.09. The van der Waals surface area contributed by atoms with Gasteiger partial charge in [-0.1, -0.05) is 23.3 Å². The first kappa shape index (κ1) is 20.6. The molecule has 0 unspecified atom stereocenters. The Hall–Kier alpha value is -2.69. The Balaban J connectivity index is 2.23. The molecule has 5 heteroatoms. The van der Waals surface area contributed by atoms with Crippen LogP contribution in [0.25, 0.3) is 11.0 Å². The maximum atomic E-state index is 12.0. The predicted molar refractivity (Wildman–Crippen MR) is 108 cm³/mol. The van der Waals surface area contributed by atoms with Gasteiger partial charge < -0.3 is 19.0 Å². The lowest BCUT2D eigenvalue weighted by atomic mass is 10.1. The van der Waals surface area contributed by atoms with Crippen molar-refractivity contribution in [2.24, 2.45) is 0 Å². The van der Waals surface area contributed by atoms with Crippen LogP contribution in [0.3, 0.4) is 0 Å². The number of fused-ring (bicyclic) bond motifs is 1. The van der Waals surface area contributed by atoms with Crippen LogP contribution in [0.4, 0.5) is 0 Å². The number of allylic oxidation sites excluding steroid dienone is 3. The van der Waals surface area contributed by atoms with E-state index < -0.39 is 5.63 Å².